The van der Waals surface area contributed by atoms with E-state index >= 15 is 0 Å². The third-order valence-corrected chi connectivity index (χ3v) is 3.88. The number of amides is 2. The molecule has 0 aliphatic carbocycles. The van der Waals surface area contributed by atoms with Crippen molar-refractivity contribution in [3.05, 3.63) is 34.3 Å². The van der Waals surface area contributed by atoms with Gasteiger partial charge in [0.2, 0.25) is 5.91 Å². The molecular formula is C15H16ClF3N2O2. The number of halogens is 4. The number of likely N-dealkylation sites (tertiary alicyclic amines) is 1. The van der Waals surface area contributed by atoms with Crippen LogP contribution in [0.4, 0.5) is 13.2 Å². The van der Waals surface area contributed by atoms with Crippen molar-refractivity contribution in [3.8, 4) is 0 Å². The van der Waals surface area contributed by atoms with Crippen LogP contribution in [0.5, 0.6) is 0 Å². The molecule has 4 nitrogen and oxygen atoms in total. The molecule has 1 fully saturated rings. The second-order valence-corrected chi connectivity index (χ2v) is 5.82. The number of hydrogen-bond acceptors (Lipinski definition) is 2. The molecule has 0 saturated carbocycles. The van der Waals surface area contributed by atoms with Gasteiger partial charge < -0.3 is 10.2 Å². The fraction of sp³-hybridized carbons (Fsp3) is 0.467. The largest absolute Gasteiger partial charge is 0.416 e. The van der Waals surface area contributed by atoms with Crippen LogP contribution in [-0.4, -0.2) is 35.8 Å². The molecule has 23 heavy (non-hydrogen) atoms. The Labute approximate surface area is 136 Å². The van der Waals surface area contributed by atoms with E-state index in [4.69, 9.17) is 11.6 Å². The van der Waals surface area contributed by atoms with Crippen molar-refractivity contribution in [2.45, 2.75) is 32.0 Å². The zero-order valence-electron chi connectivity index (χ0n) is 12.4. The van der Waals surface area contributed by atoms with Crippen molar-refractivity contribution < 1.29 is 22.8 Å². The summed E-state index contributed by atoms with van der Waals surface area (Å²) in [6, 6.07) is 2.46. The van der Waals surface area contributed by atoms with Gasteiger partial charge in [0.05, 0.1) is 5.56 Å². The predicted molar refractivity (Wildman–Crippen MR) is 79.2 cm³/mol. The highest BCUT2D eigenvalue weighted by atomic mass is 35.5. The van der Waals surface area contributed by atoms with Crippen molar-refractivity contribution in [1.29, 1.82) is 0 Å². The Morgan fingerprint density at radius 3 is 2.65 bits per heavy atom. The van der Waals surface area contributed by atoms with E-state index < -0.39 is 17.6 Å². The van der Waals surface area contributed by atoms with Crippen LogP contribution in [0.3, 0.4) is 0 Å². The molecule has 2 rings (SSSR count). The fourth-order valence-electron chi connectivity index (χ4n) is 2.48. The summed E-state index contributed by atoms with van der Waals surface area (Å²) in [5, 5.41) is 2.50. The van der Waals surface area contributed by atoms with E-state index in [0.717, 1.165) is 12.1 Å². The molecule has 1 atom stereocenters. The molecule has 0 unspecified atom stereocenters. The first kappa shape index (κ1) is 17.6. The maximum atomic E-state index is 12.8. The number of nitrogens with zero attached hydrogens (tertiary/aromatic N) is 1. The number of hydrogen-bond donors (Lipinski definition) is 1. The number of carbonyl (C=O) groups is 2. The molecule has 1 aromatic rings. The van der Waals surface area contributed by atoms with Gasteiger partial charge in [-0.05, 0) is 24.6 Å². The minimum atomic E-state index is -4.57. The SMILES string of the molecule is CCC(=O)N1CC[C@H](NC(=O)c2cc(Cl)cc(C(F)(F)F)c2)C1. The van der Waals surface area contributed by atoms with Gasteiger partial charge in [-0.25, -0.2) is 0 Å². The third-order valence-electron chi connectivity index (χ3n) is 3.67. The lowest BCUT2D eigenvalue weighted by molar-refractivity contribution is -0.137. The van der Waals surface area contributed by atoms with Crippen molar-refractivity contribution in [2.75, 3.05) is 13.1 Å². The maximum Gasteiger partial charge on any atom is 0.416 e. The summed E-state index contributed by atoms with van der Waals surface area (Å²) in [5.74, 6) is -0.641. The maximum absolute atomic E-state index is 12.8. The number of benzene rings is 1. The van der Waals surface area contributed by atoms with Crippen LogP contribution in [0.15, 0.2) is 18.2 Å². The summed E-state index contributed by atoms with van der Waals surface area (Å²) in [5.41, 5.74) is -1.12. The summed E-state index contributed by atoms with van der Waals surface area (Å²) in [6.07, 6.45) is -3.62. The molecule has 1 saturated heterocycles. The first-order valence-electron chi connectivity index (χ1n) is 7.17. The Morgan fingerprint density at radius 1 is 1.35 bits per heavy atom. The lowest BCUT2D eigenvalue weighted by Gasteiger charge is -2.16. The molecular weight excluding hydrogens is 333 g/mol. The molecule has 1 aliphatic rings. The quantitative estimate of drug-likeness (QED) is 0.912. The van der Waals surface area contributed by atoms with E-state index in [1.165, 1.54) is 6.07 Å². The Balaban J connectivity index is 2.07. The topological polar surface area (TPSA) is 49.4 Å². The van der Waals surface area contributed by atoms with Crippen LogP contribution in [-0.2, 0) is 11.0 Å². The first-order chi connectivity index (χ1) is 10.7. The minimum absolute atomic E-state index is 0.0103. The van der Waals surface area contributed by atoms with E-state index in [2.05, 4.69) is 5.32 Å². The van der Waals surface area contributed by atoms with E-state index in [-0.39, 0.29) is 22.5 Å². The van der Waals surface area contributed by atoms with Crippen LogP contribution in [0.25, 0.3) is 0 Å². The van der Waals surface area contributed by atoms with E-state index in [0.29, 0.717) is 25.9 Å². The van der Waals surface area contributed by atoms with Crippen LogP contribution in [0, 0.1) is 0 Å². The Morgan fingerprint density at radius 2 is 2.04 bits per heavy atom. The zero-order chi connectivity index (χ0) is 17.2. The smallest absolute Gasteiger partial charge is 0.347 e. The predicted octanol–water partition coefficient (Wildman–Crippen LogP) is 3.10. The summed E-state index contributed by atoms with van der Waals surface area (Å²) in [7, 11) is 0. The Hall–Kier alpha value is -1.76. The van der Waals surface area contributed by atoms with E-state index in [1.54, 1.807) is 11.8 Å². The summed E-state index contributed by atoms with van der Waals surface area (Å²) in [4.78, 5) is 25.4. The zero-order valence-corrected chi connectivity index (χ0v) is 13.2. The molecule has 2 amide bonds. The van der Waals surface area contributed by atoms with E-state index in [1.807, 2.05) is 0 Å². The van der Waals surface area contributed by atoms with Gasteiger partial charge in [-0.1, -0.05) is 18.5 Å². The average Bonchev–Trinajstić information content (AvgIpc) is 2.93. The number of alkyl halides is 3. The van der Waals surface area contributed by atoms with Gasteiger partial charge >= 0.3 is 6.18 Å². The molecule has 1 aromatic carbocycles. The van der Waals surface area contributed by atoms with Gasteiger partial charge in [-0.3, -0.25) is 9.59 Å². The summed E-state index contributed by atoms with van der Waals surface area (Å²) < 4.78 is 38.3. The molecule has 0 aromatic heterocycles. The lowest BCUT2D eigenvalue weighted by Crippen LogP contribution is -2.38. The molecule has 1 aliphatic heterocycles. The monoisotopic (exact) mass is 348 g/mol. The van der Waals surface area contributed by atoms with Gasteiger partial charge in [0.25, 0.3) is 5.91 Å². The molecule has 1 N–H and O–H groups in total. The van der Waals surface area contributed by atoms with Crippen molar-refractivity contribution in [1.82, 2.24) is 10.2 Å². The molecule has 0 bridgehead atoms. The lowest BCUT2D eigenvalue weighted by atomic mass is 10.1. The van der Waals surface area contributed by atoms with Crippen molar-refractivity contribution >= 4 is 23.4 Å². The molecule has 1 heterocycles. The molecule has 126 valence electrons. The van der Waals surface area contributed by atoms with Gasteiger partial charge in [0.15, 0.2) is 0 Å². The minimum Gasteiger partial charge on any atom is -0.347 e. The van der Waals surface area contributed by atoms with E-state index in [9.17, 15) is 22.8 Å². The van der Waals surface area contributed by atoms with Gasteiger partial charge in [-0.15, -0.1) is 0 Å². The number of rotatable bonds is 3. The Bertz CT molecular complexity index is 619. The normalized spacial score (nSPS) is 18.1. The summed E-state index contributed by atoms with van der Waals surface area (Å²) in [6.45, 7) is 2.64. The first-order valence-corrected chi connectivity index (χ1v) is 7.55. The highest BCUT2D eigenvalue weighted by molar-refractivity contribution is 6.31. The third kappa shape index (κ3) is 4.37. The van der Waals surface area contributed by atoms with Gasteiger partial charge in [0.1, 0.15) is 0 Å². The second-order valence-electron chi connectivity index (χ2n) is 5.38. The van der Waals surface area contributed by atoms with Crippen LogP contribution < -0.4 is 5.32 Å². The van der Waals surface area contributed by atoms with Gasteiger partial charge in [0, 0.05) is 36.1 Å². The summed E-state index contributed by atoms with van der Waals surface area (Å²) >= 11 is 5.67. The van der Waals surface area contributed by atoms with Crippen molar-refractivity contribution in [2.24, 2.45) is 0 Å². The Kier molecular flexibility index (Phi) is 5.19. The van der Waals surface area contributed by atoms with Crippen LogP contribution in [0.2, 0.25) is 5.02 Å². The molecule has 0 radical (unpaired) electrons. The standard InChI is InChI=1S/C15H16ClF3N2O2/c1-2-13(22)21-4-3-12(8-21)20-14(23)9-5-10(15(17,18)19)7-11(16)6-9/h5-7,12H,2-4,8H2,1H3,(H,20,23)/t12-/m0/s1. The highest BCUT2D eigenvalue weighted by Crippen LogP contribution is 2.32. The fourth-order valence-corrected chi connectivity index (χ4v) is 2.72. The van der Waals surface area contributed by atoms with Crippen molar-refractivity contribution in [3.63, 3.8) is 0 Å². The molecule has 8 heteroatoms. The molecule has 0 spiro atoms. The number of carbonyl (C=O) groups excluding carboxylic acids is 2. The average molecular weight is 349 g/mol. The van der Waals surface area contributed by atoms with Crippen LogP contribution in [0.1, 0.15) is 35.7 Å². The highest BCUT2D eigenvalue weighted by Gasteiger charge is 2.32. The van der Waals surface area contributed by atoms with Crippen LogP contribution >= 0.6 is 11.6 Å². The van der Waals surface area contributed by atoms with Gasteiger partial charge in [-0.2, -0.15) is 13.2 Å². The number of nitrogens with one attached hydrogen (secondary N) is 1. The second kappa shape index (κ2) is 6.78.